The van der Waals surface area contributed by atoms with Crippen molar-refractivity contribution in [2.45, 2.75) is 19.1 Å². The molecule has 17 heavy (non-hydrogen) atoms. The minimum Gasteiger partial charge on any atom is -0.387 e. The molecule has 1 unspecified atom stereocenters. The molecule has 0 amide bonds. The van der Waals surface area contributed by atoms with Gasteiger partial charge in [0.25, 0.3) is 5.56 Å². The first kappa shape index (κ1) is 12.7. The monoisotopic (exact) mass is 269 g/mol. The van der Waals surface area contributed by atoms with Gasteiger partial charge in [-0.15, -0.1) is 0 Å². The van der Waals surface area contributed by atoms with Crippen LogP contribution in [0.15, 0.2) is 29.1 Å². The fourth-order valence-corrected chi connectivity index (χ4v) is 3.66. The van der Waals surface area contributed by atoms with Crippen LogP contribution in [0.3, 0.4) is 0 Å². The highest BCUT2D eigenvalue weighted by Gasteiger charge is 2.22. The van der Waals surface area contributed by atoms with Crippen molar-refractivity contribution in [3.05, 3.63) is 34.6 Å². The summed E-state index contributed by atoms with van der Waals surface area (Å²) in [5, 5.41) is 10.9. The summed E-state index contributed by atoms with van der Waals surface area (Å²) in [5.74, 6) is 0.619. The summed E-state index contributed by atoms with van der Waals surface area (Å²) < 4.78 is 2.61. The Balaban J connectivity index is 2.37. The van der Waals surface area contributed by atoms with Crippen LogP contribution in [0.25, 0.3) is 10.1 Å². The Morgan fingerprint density at radius 2 is 2.18 bits per heavy atom. The molecular weight excluding hydrogens is 254 g/mol. The van der Waals surface area contributed by atoms with E-state index < -0.39 is 5.60 Å². The summed E-state index contributed by atoms with van der Waals surface area (Å²) in [6.45, 7) is 2.12. The Morgan fingerprint density at radius 1 is 1.47 bits per heavy atom. The van der Waals surface area contributed by atoms with E-state index in [0.717, 1.165) is 10.1 Å². The van der Waals surface area contributed by atoms with Crippen molar-refractivity contribution in [2.75, 3.05) is 12.0 Å². The van der Waals surface area contributed by atoms with Crippen LogP contribution in [-0.2, 0) is 6.54 Å². The standard InChI is InChI=1S/C12H15NO2S2/c1-12(15,8-16-2)7-13-11(14)9-5-3-4-6-10(9)17-13/h3-6,15H,7-8H2,1-2H3. The summed E-state index contributed by atoms with van der Waals surface area (Å²) in [4.78, 5) is 12.1. The molecule has 0 saturated heterocycles. The lowest BCUT2D eigenvalue weighted by molar-refractivity contribution is 0.0690. The molecule has 1 heterocycles. The second-order valence-electron chi connectivity index (χ2n) is 4.36. The van der Waals surface area contributed by atoms with Gasteiger partial charge in [0.2, 0.25) is 0 Å². The molecule has 0 fully saturated rings. The molecule has 0 saturated carbocycles. The number of rotatable bonds is 4. The topological polar surface area (TPSA) is 42.2 Å². The van der Waals surface area contributed by atoms with E-state index >= 15 is 0 Å². The average Bonchev–Trinajstić information content (AvgIpc) is 2.56. The summed E-state index contributed by atoms with van der Waals surface area (Å²) in [5.41, 5.74) is -0.851. The average molecular weight is 269 g/mol. The zero-order chi connectivity index (χ0) is 12.5. The number of hydrogen-bond acceptors (Lipinski definition) is 4. The highest BCUT2D eigenvalue weighted by molar-refractivity contribution is 7.98. The van der Waals surface area contributed by atoms with Crippen LogP contribution in [-0.4, -0.2) is 26.7 Å². The molecule has 1 N–H and O–H groups in total. The predicted molar refractivity (Wildman–Crippen MR) is 75.1 cm³/mol. The van der Waals surface area contributed by atoms with Crippen LogP contribution in [0.1, 0.15) is 6.92 Å². The molecule has 2 rings (SSSR count). The number of hydrogen-bond donors (Lipinski definition) is 1. The molecule has 2 aromatic rings. The number of nitrogens with zero attached hydrogens (tertiary/aromatic N) is 1. The van der Waals surface area contributed by atoms with Gasteiger partial charge >= 0.3 is 0 Å². The molecule has 3 nitrogen and oxygen atoms in total. The van der Waals surface area contributed by atoms with Crippen LogP contribution in [0.4, 0.5) is 0 Å². The van der Waals surface area contributed by atoms with Gasteiger partial charge in [-0.1, -0.05) is 23.7 Å². The third-order valence-corrected chi connectivity index (χ3v) is 4.47. The molecule has 0 bridgehead atoms. The molecule has 1 aromatic carbocycles. The lowest BCUT2D eigenvalue weighted by Crippen LogP contribution is -2.35. The summed E-state index contributed by atoms with van der Waals surface area (Å²) in [6.07, 6.45) is 1.95. The number of benzene rings is 1. The zero-order valence-corrected chi connectivity index (χ0v) is 11.5. The van der Waals surface area contributed by atoms with Gasteiger partial charge in [0.15, 0.2) is 0 Å². The molecule has 0 radical (unpaired) electrons. The molecule has 1 aromatic heterocycles. The third kappa shape index (κ3) is 2.73. The van der Waals surface area contributed by atoms with E-state index in [4.69, 9.17) is 0 Å². The second-order valence-corrected chi connectivity index (χ2v) is 6.29. The Bertz CT molecular complexity index is 571. The molecule has 0 spiro atoms. The van der Waals surface area contributed by atoms with Gasteiger partial charge in [0, 0.05) is 5.75 Å². The van der Waals surface area contributed by atoms with Gasteiger partial charge in [0.1, 0.15) is 0 Å². The van der Waals surface area contributed by atoms with Crippen LogP contribution in [0.2, 0.25) is 0 Å². The molecule has 0 aliphatic heterocycles. The maximum Gasteiger partial charge on any atom is 0.268 e. The van der Waals surface area contributed by atoms with Crippen LogP contribution in [0, 0.1) is 0 Å². The molecule has 5 heteroatoms. The first-order valence-electron chi connectivity index (χ1n) is 5.34. The molecule has 0 aliphatic carbocycles. The third-order valence-electron chi connectivity index (χ3n) is 2.49. The lowest BCUT2D eigenvalue weighted by Gasteiger charge is -2.21. The summed E-state index contributed by atoms with van der Waals surface area (Å²) in [7, 11) is 0. The quantitative estimate of drug-likeness (QED) is 0.925. The first-order valence-corrected chi connectivity index (χ1v) is 7.50. The van der Waals surface area contributed by atoms with E-state index in [1.165, 1.54) is 11.5 Å². The van der Waals surface area contributed by atoms with Crippen molar-refractivity contribution in [2.24, 2.45) is 0 Å². The number of fused-ring (bicyclic) bond motifs is 1. The number of aromatic nitrogens is 1. The van der Waals surface area contributed by atoms with Crippen molar-refractivity contribution < 1.29 is 5.11 Å². The SMILES string of the molecule is CSCC(C)(O)Cn1sc2ccccc2c1=O. The Hall–Kier alpha value is -0.780. The maximum absolute atomic E-state index is 12.1. The van der Waals surface area contributed by atoms with E-state index in [0.29, 0.717) is 12.3 Å². The normalized spacial score (nSPS) is 15.0. The summed E-state index contributed by atoms with van der Waals surface area (Å²) in [6, 6.07) is 7.54. The van der Waals surface area contributed by atoms with Crippen molar-refractivity contribution in [3.63, 3.8) is 0 Å². The maximum atomic E-state index is 12.1. The number of aliphatic hydroxyl groups is 1. The van der Waals surface area contributed by atoms with E-state index in [9.17, 15) is 9.90 Å². The van der Waals surface area contributed by atoms with Gasteiger partial charge in [-0.05, 0) is 25.3 Å². The fourth-order valence-electron chi connectivity index (χ4n) is 1.79. The van der Waals surface area contributed by atoms with Gasteiger partial charge in [-0.2, -0.15) is 11.8 Å². The second kappa shape index (κ2) is 4.84. The molecule has 1 atom stereocenters. The largest absolute Gasteiger partial charge is 0.387 e. The van der Waals surface area contributed by atoms with Gasteiger partial charge in [-0.25, -0.2) is 0 Å². The number of thioether (sulfide) groups is 1. The van der Waals surface area contributed by atoms with Crippen molar-refractivity contribution in [1.82, 2.24) is 3.96 Å². The minimum absolute atomic E-state index is 0.00743. The van der Waals surface area contributed by atoms with Gasteiger partial charge in [0.05, 0.1) is 22.2 Å². The van der Waals surface area contributed by atoms with E-state index in [1.807, 2.05) is 30.5 Å². The Kier molecular flexibility index (Phi) is 3.61. The highest BCUT2D eigenvalue weighted by atomic mass is 32.2. The van der Waals surface area contributed by atoms with Crippen molar-refractivity contribution in [3.8, 4) is 0 Å². The van der Waals surface area contributed by atoms with Gasteiger partial charge < -0.3 is 5.11 Å². The summed E-state index contributed by atoms with van der Waals surface area (Å²) >= 11 is 2.99. The minimum atomic E-state index is -0.843. The highest BCUT2D eigenvalue weighted by Crippen LogP contribution is 2.19. The lowest BCUT2D eigenvalue weighted by atomic mass is 10.1. The zero-order valence-electron chi connectivity index (χ0n) is 9.84. The molecule has 92 valence electrons. The molecular formula is C12H15NO2S2. The Labute approximate surface area is 108 Å². The van der Waals surface area contributed by atoms with Crippen LogP contribution >= 0.6 is 23.3 Å². The van der Waals surface area contributed by atoms with Crippen molar-refractivity contribution in [1.29, 1.82) is 0 Å². The van der Waals surface area contributed by atoms with Gasteiger partial charge in [-0.3, -0.25) is 8.75 Å². The van der Waals surface area contributed by atoms with E-state index in [2.05, 4.69) is 0 Å². The van der Waals surface area contributed by atoms with Crippen LogP contribution in [0.5, 0.6) is 0 Å². The molecule has 0 aliphatic rings. The predicted octanol–water partition coefficient (Wildman–Crippen LogP) is 2.18. The fraction of sp³-hybridized carbons (Fsp3) is 0.417. The smallest absolute Gasteiger partial charge is 0.268 e. The van der Waals surface area contributed by atoms with E-state index in [-0.39, 0.29) is 5.56 Å². The van der Waals surface area contributed by atoms with Crippen molar-refractivity contribution >= 4 is 33.4 Å². The Morgan fingerprint density at radius 3 is 2.82 bits per heavy atom. The van der Waals surface area contributed by atoms with E-state index in [1.54, 1.807) is 22.6 Å². The first-order chi connectivity index (χ1) is 8.03. The van der Waals surface area contributed by atoms with Crippen LogP contribution < -0.4 is 5.56 Å².